The van der Waals surface area contributed by atoms with E-state index in [-0.39, 0.29) is 42.9 Å². The molecule has 26 heavy (non-hydrogen) atoms. The predicted octanol–water partition coefficient (Wildman–Crippen LogP) is 0.352. The number of primary amides is 1. The molecule has 0 bridgehead atoms. The normalized spacial score (nSPS) is 17.2. The Morgan fingerprint density at radius 1 is 1.12 bits per heavy atom. The van der Waals surface area contributed by atoms with Crippen molar-refractivity contribution in [3.63, 3.8) is 0 Å². The molecule has 3 amide bonds. The summed E-state index contributed by atoms with van der Waals surface area (Å²) in [6.07, 6.45) is 0. The first kappa shape index (κ1) is 20.1. The number of rotatable bonds is 5. The monoisotopic (exact) mass is 386 g/mol. The van der Waals surface area contributed by atoms with Gasteiger partial charge in [-0.05, 0) is 30.2 Å². The summed E-state index contributed by atoms with van der Waals surface area (Å²) in [5.74, 6) is -0.963. The zero-order chi connectivity index (χ0) is 19.5. The second kappa shape index (κ2) is 8.00. The molecule has 1 heterocycles. The minimum Gasteiger partial charge on any atom is -0.352 e. The van der Waals surface area contributed by atoms with Gasteiger partial charge in [0.1, 0.15) is 11.9 Å². The molecular formula is C16H23FN4O4S. The van der Waals surface area contributed by atoms with Crippen molar-refractivity contribution in [2.75, 3.05) is 26.2 Å². The van der Waals surface area contributed by atoms with Gasteiger partial charge in [-0.25, -0.2) is 17.6 Å². The standard InChI is InChI=1S/C16H23FN4O4S/c1-11(2)14(19-16(18)23)15(22)20-7-9-21(10-8-20)26(24,25)13-5-3-12(17)4-6-13/h3-6,11,14H,7-10H2,1-2H3,(H3,18,19,23)/t14-/m0/s1. The lowest BCUT2D eigenvalue weighted by atomic mass is 10.0. The summed E-state index contributed by atoms with van der Waals surface area (Å²) in [5.41, 5.74) is 5.12. The molecular weight excluding hydrogens is 363 g/mol. The van der Waals surface area contributed by atoms with E-state index >= 15 is 0 Å². The molecule has 8 nitrogen and oxygen atoms in total. The summed E-state index contributed by atoms with van der Waals surface area (Å²) in [6, 6.07) is 3.08. The molecule has 0 aromatic heterocycles. The lowest BCUT2D eigenvalue weighted by Gasteiger charge is -2.36. The number of hydrogen-bond acceptors (Lipinski definition) is 4. The topological polar surface area (TPSA) is 113 Å². The molecule has 1 aromatic carbocycles. The van der Waals surface area contributed by atoms with E-state index in [1.54, 1.807) is 13.8 Å². The highest BCUT2D eigenvalue weighted by atomic mass is 32.2. The van der Waals surface area contributed by atoms with Crippen molar-refractivity contribution in [3.8, 4) is 0 Å². The largest absolute Gasteiger partial charge is 0.352 e. The molecule has 1 atom stereocenters. The molecule has 0 aliphatic carbocycles. The smallest absolute Gasteiger partial charge is 0.312 e. The maximum atomic E-state index is 13.0. The zero-order valence-electron chi connectivity index (χ0n) is 14.7. The molecule has 3 N–H and O–H groups in total. The minimum atomic E-state index is -3.74. The van der Waals surface area contributed by atoms with Crippen molar-refractivity contribution in [1.29, 1.82) is 0 Å². The summed E-state index contributed by atoms with van der Waals surface area (Å²) < 4.78 is 39.4. The van der Waals surface area contributed by atoms with Crippen molar-refractivity contribution >= 4 is 22.0 Å². The van der Waals surface area contributed by atoms with Crippen LogP contribution in [0.1, 0.15) is 13.8 Å². The lowest BCUT2D eigenvalue weighted by Crippen LogP contribution is -2.57. The fourth-order valence-corrected chi connectivity index (χ4v) is 4.19. The van der Waals surface area contributed by atoms with Crippen LogP contribution in [0.15, 0.2) is 29.2 Å². The van der Waals surface area contributed by atoms with E-state index < -0.39 is 27.9 Å². The highest BCUT2D eigenvalue weighted by Gasteiger charge is 2.33. The van der Waals surface area contributed by atoms with Crippen molar-refractivity contribution in [2.45, 2.75) is 24.8 Å². The maximum absolute atomic E-state index is 13.0. The summed E-state index contributed by atoms with van der Waals surface area (Å²) >= 11 is 0. The van der Waals surface area contributed by atoms with Gasteiger partial charge in [-0.3, -0.25) is 4.79 Å². The van der Waals surface area contributed by atoms with Crippen molar-refractivity contribution in [2.24, 2.45) is 11.7 Å². The zero-order valence-corrected chi connectivity index (χ0v) is 15.5. The average Bonchev–Trinajstić information content (AvgIpc) is 2.59. The molecule has 1 saturated heterocycles. The third-order valence-electron chi connectivity index (χ3n) is 4.23. The van der Waals surface area contributed by atoms with E-state index in [1.165, 1.54) is 21.3 Å². The van der Waals surface area contributed by atoms with Gasteiger partial charge in [-0.1, -0.05) is 13.8 Å². The van der Waals surface area contributed by atoms with Crippen molar-refractivity contribution in [1.82, 2.24) is 14.5 Å². The molecule has 0 saturated carbocycles. The third-order valence-corrected chi connectivity index (χ3v) is 6.15. The number of halogens is 1. The van der Waals surface area contributed by atoms with Gasteiger partial charge in [-0.2, -0.15) is 4.31 Å². The molecule has 2 rings (SSSR count). The van der Waals surface area contributed by atoms with Crippen LogP contribution in [0.5, 0.6) is 0 Å². The fourth-order valence-electron chi connectivity index (χ4n) is 2.77. The van der Waals surface area contributed by atoms with Gasteiger partial charge in [0.05, 0.1) is 4.90 Å². The summed E-state index contributed by atoms with van der Waals surface area (Å²) in [5, 5.41) is 2.43. The van der Waals surface area contributed by atoms with Crippen LogP contribution in [0.3, 0.4) is 0 Å². The van der Waals surface area contributed by atoms with Crippen LogP contribution in [0.25, 0.3) is 0 Å². The van der Waals surface area contributed by atoms with Gasteiger partial charge in [0, 0.05) is 26.2 Å². The van der Waals surface area contributed by atoms with Gasteiger partial charge in [-0.15, -0.1) is 0 Å². The molecule has 0 unspecified atom stereocenters. The Bertz CT molecular complexity index is 759. The Morgan fingerprint density at radius 2 is 1.65 bits per heavy atom. The van der Waals surface area contributed by atoms with E-state index in [0.29, 0.717) is 0 Å². The number of benzene rings is 1. The molecule has 1 aliphatic rings. The number of nitrogens with zero attached hydrogens (tertiary/aromatic N) is 2. The minimum absolute atomic E-state index is 0.00845. The van der Waals surface area contributed by atoms with E-state index in [1.807, 2.05) is 0 Å². The first-order valence-electron chi connectivity index (χ1n) is 8.23. The molecule has 1 aromatic rings. The third kappa shape index (κ3) is 4.50. The summed E-state index contributed by atoms with van der Waals surface area (Å²) in [4.78, 5) is 25.2. The van der Waals surface area contributed by atoms with Crippen LogP contribution < -0.4 is 11.1 Å². The van der Waals surface area contributed by atoms with E-state index in [9.17, 15) is 22.4 Å². The number of piperazine rings is 1. The first-order chi connectivity index (χ1) is 12.1. The second-order valence-corrected chi connectivity index (χ2v) is 8.35. The number of amides is 3. The number of urea groups is 1. The predicted molar refractivity (Wildman–Crippen MR) is 93.1 cm³/mol. The van der Waals surface area contributed by atoms with Crippen molar-refractivity contribution < 1.29 is 22.4 Å². The molecule has 0 spiro atoms. The SMILES string of the molecule is CC(C)[C@H](NC(N)=O)C(=O)N1CCN(S(=O)(=O)c2ccc(F)cc2)CC1. The molecule has 1 fully saturated rings. The molecule has 10 heteroatoms. The summed E-state index contributed by atoms with van der Waals surface area (Å²) in [7, 11) is -3.74. The highest BCUT2D eigenvalue weighted by Crippen LogP contribution is 2.19. The van der Waals surface area contributed by atoms with Gasteiger partial charge in [0.25, 0.3) is 0 Å². The van der Waals surface area contributed by atoms with Crippen LogP contribution in [0.2, 0.25) is 0 Å². The van der Waals surface area contributed by atoms with Crippen LogP contribution in [0, 0.1) is 11.7 Å². The van der Waals surface area contributed by atoms with E-state index in [2.05, 4.69) is 5.32 Å². The highest BCUT2D eigenvalue weighted by molar-refractivity contribution is 7.89. The Hall–Kier alpha value is -2.20. The first-order valence-corrected chi connectivity index (χ1v) is 9.67. The van der Waals surface area contributed by atoms with Gasteiger partial charge >= 0.3 is 6.03 Å². The van der Waals surface area contributed by atoms with Crippen molar-refractivity contribution in [3.05, 3.63) is 30.1 Å². The quantitative estimate of drug-likeness (QED) is 0.760. The van der Waals surface area contributed by atoms with Gasteiger partial charge < -0.3 is 16.0 Å². The molecule has 1 aliphatic heterocycles. The van der Waals surface area contributed by atoms with Gasteiger partial charge in [0.2, 0.25) is 15.9 Å². The van der Waals surface area contributed by atoms with E-state index in [4.69, 9.17) is 5.73 Å². The van der Waals surface area contributed by atoms with Crippen LogP contribution in [-0.2, 0) is 14.8 Å². The number of carbonyl (C=O) groups excluding carboxylic acids is 2. The van der Waals surface area contributed by atoms with Gasteiger partial charge in [0.15, 0.2) is 0 Å². The number of sulfonamides is 1. The number of nitrogens with one attached hydrogen (secondary N) is 1. The molecule has 144 valence electrons. The fraction of sp³-hybridized carbons (Fsp3) is 0.500. The number of hydrogen-bond donors (Lipinski definition) is 2. The van der Waals surface area contributed by atoms with Crippen LogP contribution in [0.4, 0.5) is 9.18 Å². The Balaban J connectivity index is 2.05. The molecule has 0 radical (unpaired) electrons. The Labute approximate surface area is 152 Å². The average molecular weight is 386 g/mol. The van der Waals surface area contributed by atoms with Crippen LogP contribution in [-0.4, -0.2) is 61.8 Å². The maximum Gasteiger partial charge on any atom is 0.312 e. The summed E-state index contributed by atoms with van der Waals surface area (Å²) in [6.45, 7) is 4.20. The Morgan fingerprint density at radius 3 is 2.12 bits per heavy atom. The lowest BCUT2D eigenvalue weighted by molar-refractivity contribution is -0.135. The van der Waals surface area contributed by atoms with E-state index in [0.717, 1.165) is 12.1 Å². The van der Waals surface area contributed by atoms with Crippen LogP contribution >= 0.6 is 0 Å². The Kier molecular flexibility index (Phi) is 6.19. The number of nitrogens with two attached hydrogens (primary N) is 1. The number of carbonyl (C=O) groups is 2. The second-order valence-electron chi connectivity index (χ2n) is 6.41.